The number of rotatable bonds is 3. The van der Waals surface area contributed by atoms with E-state index in [0.29, 0.717) is 5.88 Å². The molecule has 0 radical (unpaired) electrons. The highest BCUT2D eigenvalue weighted by Gasteiger charge is 2.13. The van der Waals surface area contributed by atoms with Crippen molar-refractivity contribution in [2.24, 2.45) is 0 Å². The van der Waals surface area contributed by atoms with Gasteiger partial charge >= 0.3 is 0 Å². The molecule has 0 atom stereocenters. The van der Waals surface area contributed by atoms with Crippen molar-refractivity contribution in [3.8, 4) is 11.6 Å². The van der Waals surface area contributed by atoms with Gasteiger partial charge in [0, 0.05) is 32.2 Å². The molecule has 0 unspecified atom stereocenters. The summed E-state index contributed by atoms with van der Waals surface area (Å²) in [6.45, 7) is 3.62. The molecular weight excluding hydrogens is 259 g/mol. The molecule has 1 aliphatic heterocycles. The van der Waals surface area contributed by atoms with E-state index in [4.69, 9.17) is 4.74 Å². The number of hydrogen-bond donors (Lipinski definition) is 1. The summed E-state index contributed by atoms with van der Waals surface area (Å²) in [6.07, 6.45) is 1.44. The standard InChI is InChI=1S/C14H15FN4O/c15-11-3-1-2-4-12(11)20-14-9-13(17-10-18-14)19-7-5-16-6-8-19/h1-4,9-10,16H,5-8H2. The van der Waals surface area contributed by atoms with Crippen LogP contribution < -0.4 is 15.0 Å². The van der Waals surface area contributed by atoms with E-state index in [1.165, 1.54) is 12.4 Å². The summed E-state index contributed by atoms with van der Waals surface area (Å²) >= 11 is 0. The van der Waals surface area contributed by atoms with Crippen molar-refractivity contribution in [3.63, 3.8) is 0 Å². The van der Waals surface area contributed by atoms with Crippen LogP contribution in [0.4, 0.5) is 10.2 Å². The molecule has 5 nitrogen and oxygen atoms in total. The molecule has 1 aliphatic rings. The van der Waals surface area contributed by atoms with Crippen LogP contribution in [0, 0.1) is 5.82 Å². The van der Waals surface area contributed by atoms with Gasteiger partial charge in [0.1, 0.15) is 12.1 Å². The van der Waals surface area contributed by atoms with Gasteiger partial charge in [0.05, 0.1) is 0 Å². The Kier molecular flexibility index (Phi) is 3.73. The molecule has 1 saturated heterocycles. The summed E-state index contributed by atoms with van der Waals surface area (Å²) < 4.78 is 19.0. The van der Waals surface area contributed by atoms with E-state index in [0.717, 1.165) is 32.0 Å². The van der Waals surface area contributed by atoms with Gasteiger partial charge in [-0.15, -0.1) is 0 Å². The maximum absolute atomic E-state index is 13.5. The molecule has 104 valence electrons. The highest BCUT2D eigenvalue weighted by atomic mass is 19.1. The van der Waals surface area contributed by atoms with Gasteiger partial charge in [0.15, 0.2) is 11.6 Å². The number of hydrogen-bond acceptors (Lipinski definition) is 5. The Bertz CT molecular complexity index is 587. The molecule has 6 heteroatoms. The molecule has 2 aromatic rings. The van der Waals surface area contributed by atoms with Gasteiger partial charge < -0.3 is 15.0 Å². The number of nitrogens with one attached hydrogen (secondary N) is 1. The summed E-state index contributed by atoms with van der Waals surface area (Å²) in [4.78, 5) is 10.4. The zero-order valence-electron chi connectivity index (χ0n) is 10.9. The van der Waals surface area contributed by atoms with Crippen LogP contribution in [-0.2, 0) is 0 Å². The first-order valence-corrected chi connectivity index (χ1v) is 6.53. The van der Waals surface area contributed by atoms with E-state index in [9.17, 15) is 4.39 Å². The van der Waals surface area contributed by atoms with Crippen molar-refractivity contribution in [2.45, 2.75) is 0 Å². The van der Waals surface area contributed by atoms with E-state index < -0.39 is 5.82 Å². The van der Waals surface area contributed by atoms with Crippen LogP contribution in [0.5, 0.6) is 11.6 Å². The van der Waals surface area contributed by atoms with Crippen molar-refractivity contribution in [1.82, 2.24) is 15.3 Å². The van der Waals surface area contributed by atoms with E-state index in [1.54, 1.807) is 24.3 Å². The normalized spacial score (nSPS) is 15.2. The summed E-state index contributed by atoms with van der Waals surface area (Å²) in [5, 5.41) is 3.28. The number of nitrogens with zero attached hydrogens (tertiary/aromatic N) is 3. The van der Waals surface area contributed by atoms with Gasteiger partial charge in [-0.1, -0.05) is 12.1 Å². The third kappa shape index (κ3) is 2.85. The molecule has 1 aromatic heterocycles. The Morgan fingerprint density at radius 3 is 2.75 bits per heavy atom. The zero-order valence-corrected chi connectivity index (χ0v) is 10.9. The highest BCUT2D eigenvalue weighted by Crippen LogP contribution is 2.24. The summed E-state index contributed by atoms with van der Waals surface area (Å²) in [5.74, 6) is 0.902. The van der Waals surface area contributed by atoms with Gasteiger partial charge in [-0.25, -0.2) is 14.4 Å². The number of ether oxygens (including phenoxy) is 1. The Labute approximate surface area is 116 Å². The molecule has 1 aromatic carbocycles. The van der Waals surface area contributed by atoms with E-state index in [-0.39, 0.29) is 5.75 Å². The maximum atomic E-state index is 13.5. The van der Waals surface area contributed by atoms with Gasteiger partial charge in [-0.05, 0) is 12.1 Å². The molecule has 0 amide bonds. The van der Waals surface area contributed by atoms with Crippen LogP contribution in [0.3, 0.4) is 0 Å². The summed E-state index contributed by atoms with van der Waals surface area (Å²) in [5.41, 5.74) is 0. The number of anilines is 1. The molecule has 0 aliphatic carbocycles. The predicted octanol–water partition coefficient (Wildman–Crippen LogP) is 1.82. The van der Waals surface area contributed by atoms with Crippen LogP contribution >= 0.6 is 0 Å². The molecule has 0 spiro atoms. The number of para-hydroxylation sites is 1. The van der Waals surface area contributed by atoms with Crippen molar-refractivity contribution in [2.75, 3.05) is 31.1 Å². The lowest BCUT2D eigenvalue weighted by Crippen LogP contribution is -2.43. The maximum Gasteiger partial charge on any atom is 0.224 e. The highest BCUT2D eigenvalue weighted by molar-refractivity contribution is 5.42. The van der Waals surface area contributed by atoms with Crippen molar-refractivity contribution in [3.05, 3.63) is 42.5 Å². The summed E-state index contributed by atoms with van der Waals surface area (Å²) in [7, 11) is 0. The van der Waals surface area contributed by atoms with E-state index in [2.05, 4.69) is 20.2 Å². The second-order valence-corrected chi connectivity index (χ2v) is 4.48. The first kappa shape index (κ1) is 12.8. The largest absolute Gasteiger partial charge is 0.436 e. The number of piperazine rings is 1. The Hall–Kier alpha value is -2.21. The Balaban J connectivity index is 1.79. The van der Waals surface area contributed by atoms with Crippen molar-refractivity contribution >= 4 is 5.82 Å². The monoisotopic (exact) mass is 274 g/mol. The zero-order chi connectivity index (χ0) is 13.8. The molecule has 0 saturated carbocycles. The topological polar surface area (TPSA) is 50.3 Å². The second kappa shape index (κ2) is 5.83. The van der Waals surface area contributed by atoms with Crippen LogP contribution in [0.15, 0.2) is 36.7 Å². The fourth-order valence-corrected chi connectivity index (χ4v) is 2.09. The van der Waals surface area contributed by atoms with Crippen molar-refractivity contribution < 1.29 is 9.13 Å². The number of halogens is 1. The fourth-order valence-electron chi connectivity index (χ4n) is 2.09. The average molecular weight is 274 g/mol. The Morgan fingerprint density at radius 1 is 1.15 bits per heavy atom. The summed E-state index contributed by atoms with van der Waals surface area (Å²) in [6, 6.07) is 8.00. The Morgan fingerprint density at radius 2 is 1.95 bits per heavy atom. The van der Waals surface area contributed by atoms with Gasteiger partial charge in [-0.2, -0.15) is 0 Å². The molecule has 3 rings (SSSR count). The van der Waals surface area contributed by atoms with E-state index >= 15 is 0 Å². The van der Waals surface area contributed by atoms with Crippen LogP contribution in [0.25, 0.3) is 0 Å². The first-order valence-electron chi connectivity index (χ1n) is 6.53. The second-order valence-electron chi connectivity index (χ2n) is 4.48. The fraction of sp³-hybridized carbons (Fsp3) is 0.286. The molecule has 2 heterocycles. The minimum atomic E-state index is -0.408. The lowest BCUT2D eigenvalue weighted by Gasteiger charge is -2.28. The molecule has 20 heavy (non-hydrogen) atoms. The van der Waals surface area contributed by atoms with Gasteiger partial charge in [0.2, 0.25) is 5.88 Å². The van der Waals surface area contributed by atoms with E-state index in [1.807, 2.05) is 0 Å². The lowest BCUT2D eigenvalue weighted by molar-refractivity contribution is 0.426. The van der Waals surface area contributed by atoms with Crippen LogP contribution in [-0.4, -0.2) is 36.1 Å². The van der Waals surface area contributed by atoms with Gasteiger partial charge in [0.25, 0.3) is 0 Å². The first-order chi connectivity index (χ1) is 9.83. The lowest BCUT2D eigenvalue weighted by atomic mass is 10.3. The smallest absolute Gasteiger partial charge is 0.224 e. The van der Waals surface area contributed by atoms with Gasteiger partial charge in [-0.3, -0.25) is 0 Å². The minimum absolute atomic E-state index is 0.164. The van der Waals surface area contributed by atoms with Crippen LogP contribution in [0.1, 0.15) is 0 Å². The minimum Gasteiger partial charge on any atom is -0.436 e. The SMILES string of the molecule is Fc1ccccc1Oc1cc(N2CCNCC2)ncn1. The average Bonchev–Trinajstić information content (AvgIpc) is 2.51. The third-order valence-electron chi connectivity index (χ3n) is 3.12. The molecule has 1 fully saturated rings. The molecule has 0 bridgehead atoms. The molecule has 1 N–H and O–H groups in total. The molecular formula is C14H15FN4O. The number of aromatic nitrogens is 2. The quantitative estimate of drug-likeness (QED) is 0.925. The van der Waals surface area contributed by atoms with Crippen molar-refractivity contribution in [1.29, 1.82) is 0 Å². The number of benzene rings is 1. The third-order valence-corrected chi connectivity index (χ3v) is 3.12. The predicted molar refractivity (Wildman–Crippen MR) is 73.6 cm³/mol. The van der Waals surface area contributed by atoms with Crippen LogP contribution in [0.2, 0.25) is 0 Å².